The van der Waals surface area contributed by atoms with E-state index in [9.17, 15) is 0 Å². The van der Waals surface area contributed by atoms with Crippen LogP contribution in [0.1, 0.15) is 13.3 Å². The van der Waals surface area contributed by atoms with Crippen molar-refractivity contribution >= 4 is 17.3 Å². The Morgan fingerprint density at radius 1 is 1.47 bits per heavy atom. The molecule has 2 N–H and O–H groups in total. The van der Waals surface area contributed by atoms with E-state index in [2.05, 4.69) is 0 Å². The quantitative estimate of drug-likeness (QED) is 0.790. The first-order valence-electron chi connectivity index (χ1n) is 4.84. The summed E-state index contributed by atoms with van der Waals surface area (Å²) >= 11 is 5.78. The molecule has 1 aromatic carbocycles. The maximum absolute atomic E-state index is 5.78. The van der Waals surface area contributed by atoms with Gasteiger partial charge in [0.05, 0.1) is 11.8 Å². The lowest BCUT2D eigenvalue weighted by Crippen LogP contribution is -2.14. The Morgan fingerprint density at radius 2 is 2.20 bits per heavy atom. The van der Waals surface area contributed by atoms with E-state index in [-0.39, 0.29) is 6.10 Å². The lowest BCUT2D eigenvalue weighted by molar-refractivity contribution is 0.135. The summed E-state index contributed by atoms with van der Waals surface area (Å²) in [7, 11) is 1.67. The fourth-order valence-electron chi connectivity index (χ4n) is 1.19. The van der Waals surface area contributed by atoms with Crippen molar-refractivity contribution in [2.24, 2.45) is 0 Å². The summed E-state index contributed by atoms with van der Waals surface area (Å²) in [5, 5.41) is 0.615. The van der Waals surface area contributed by atoms with Gasteiger partial charge in [-0.3, -0.25) is 0 Å². The molecule has 1 atom stereocenters. The molecular formula is C11H16ClNO2. The minimum absolute atomic E-state index is 0.0772. The summed E-state index contributed by atoms with van der Waals surface area (Å²) in [5.41, 5.74) is 6.32. The lowest BCUT2D eigenvalue weighted by atomic mass is 10.2. The van der Waals surface area contributed by atoms with Gasteiger partial charge in [-0.1, -0.05) is 11.6 Å². The lowest BCUT2D eigenvalue weighted by Gasteiger charge is -2.15. The molecule has 0 aromatic heterocycles. The van der Waals surface area contributed by atoms with Crippen LogP contribution in [0.15, 0.2) is 18.2 Å². The van der Waals surface area contributed by atoms with Crippen molar-refractivity contribution in [2.45, 2.75) is 19.4 Å². The fraction of sp³-hybridized carbons (Fsp3) is 0.455. The van der Waals surface area contributed by atoms with Crippen LogP contribution in [0.4, 0.5) is 5.69 Å². The number of nitrogens with two attached hydrogens (primary N) is 1. The van der Waals surface area contributed by atoms with Gasteiger partial charge in [0.1, 0.15) is 5.75 Å². The van der Waals surface area contributed by atoms with Gasteiger partial charge in [-0.2, -0.15) is 0 Å². The molecule has 0 aliphatic carbocycles. The van der Waals surface area contributed by atoms with E-state index in [4.69, 9.17) is 26.8 Å². The van der Waals surface area contributed by atoms with E-state index in [1.807, 2.05) is 6.92 Å². The molecule has 0 aliphatic heterocycles. The molecule has 1 aromatic rings. The molecule has 84 valence electrons. The molecule has 4 heteroatoms. The zero-order valence-electron chi connectivity index (χ0n) is 9.00. The fourth-order valence-corrected chi connectivity index (χ4v) is 1.37. The van der Waals surface area contributed by atoms with Gasteiger partial charge in [-0.15, -0.1) is 0 Å². The largest absolute Gasteiger partial charge is 0.488 e. The third-order valence-corrected chi connectivity index (χ3v) is 2.26. The highest BCUT2D eigenvalue weighted by Gasteiger charge is 2.06. The van der Waals surface area contributed by atoms with E-state index < -0.39 is 0 Å². The topological polar surface area (TPSA) is 44.5 Å². The van der Waals surface area contributed by atoms with Gasteiger partial charge in [-0.25, -0.2) is 0 Å². The second-order valence-corrected chi connectivity index (χ2v) is 3.83. The van der Waals surface area contributed by atoms with E-state index in [0.29, 0.717) is 23.1 Å². The maximum Gasteiger partial charge on any atom is 0.142 e. The molecule has 1 rings (SSSR count). The molecule has 0 amide bonds. The number of halogens is 1. The predicted molar refractivity (Wildman–Crippen MR) is 62.4 cm³/mol. The number of hydrogen-bond acceptors (Lipinski definition) is 3. The average Bonchev–Trinajstić information content (AvgIpc) is 2.19. The second kappa shape index (κ2) is 5.83. The van der Waals surface area contributed by atoms with E-state index >= 15 is 0 Å². The van der Waals surface area contributed by atoms with Crippen molar-refractivity contribution in [3.8, 4) is 5.75 Å². The summed E-state index contributed by atoms with van der Waals surface area (Å²) in [4.78, 5) is 0. The highest BCUT2D eigenvalue weighted by Crippen LogP contribution is 2.26. The first-order chi connectivity index (χ1) is 7.13. The van der Waals surface area contributed by atoms with E-state index in [1.165, 1.54) is 0 Å². The number of benzene rings is 1. The molecule has 15 heavy (non-hydrogen) atoms. The summed E-state index contributed by atoms with van der Waals surface area (Å²) < 4.78 is 10.6. The van der Waals surface area contributed by atoms with Crippen LogP contribution in [-0.2, 0) is 4.74 Å². The van der Waals surface area contributed by atoms with E-state index in [0.717, 1.165) is 6.42 Å². The molecule has 0 saturated carbocycles. The summed E-state index contributed by atoms with van der Waals surface area (Å²) in [6.07, 6.45) is 0.909. The Kier molecular flexibility index (Phi) is 4.72. The standard InChI is InChI=1S/C11H16ClNO2/c1-8(5-6-14-2)15-11-4-3-9(12)7-10(11)13/h3-4,7-8H,5-6,13H2,1-2H3. The van der Waals surface area contributed by atoms with Gasteiger partial charge in [0.2, 0.25) is 0 Å². The molecular weight excluding hydrogens is 214 g/mol. The van der Waals surface area contributed by atoms with Crippen LogP contribution in [0.2, 0.25) is 5.02 Å². The molecule has 0 fully saturated rings. The van der Waals surface area contributed by atoms with Crippen LogP contribution < -0.4 is 10.5 Å². The Balaban J connectivity index is 2.56. The SMILES string of the molecule is COCCC(C)Oc1ccc(Cl)cc1N. The maximum atomic E-state index is 5.78. The van der Waals surface area contributed by atoms with Crippen LogP contribution in [-0.4, -0.2) is 19.8 Å². The van der Waals surface area contributed by atoms with Crippen molar-refractivity contribution in [1.82, 2.24) is 0 Å². The van der Waals surface area contributed by atoms with Gasteiger partial charge < -0.3 is 15.2 Å². The van der Waals surface area contributed by atoms with Gasteiger partial charge in [0.15, 0.2) is 0 Å². The van der Waals surface area contributed by atoms with Crippen molar-refractivity contribution in [1.29, 1.82) is 0 Å². The van der Waals surface area contributed by atoms with Crippen LogP contribution in [0.5, 0.6) is 5.75 Å². The highest BCUT2D eigenvalue weighted by atomic mass is 35.5. The summed E-state index contributed by atoms with van der Waals surface area (Å²) in [6, 6.07) is 5.22. The second-order valence-electron chi connectivity index (χ2n) is 3.39. The zero-order chi connectivity index (χ0) is 11.3. The normalized spacial score (nSPS) is 12.5. The zero-order valence-corrected chi connectivity index (χ0v) is 9.75. The first-order valence-corrected chi connectivity index (χ1v) is 5.22. The predicted octanol–water partition coefficient (Wildman–Crippen LogP) is 2.73. The van der Waals surface area contributed by atoms with Crippen molar-refractivity contribution in [3.63, 3.8) is 0 Å². The Hall–Kier alpha value is -0.930. The van der Waals surface area contributed by atoms with Gasteiger partial charge in [0, 0.05) is 25.2 Å². The molecule has 3 nitrogen and oxygen atoms in total. The van der Waals surface area contributed by atoms with Crippen molar-refractivity contribution in [2.75, 3.05) is 19.5 Å². The third kappa shape index (κ3) is 3.98. The third-order valence-electron chi connectivity index (χ3n) is 2.03. The summed E-state index contributed by atoms with van der Waals surface area (Å²) in [5.74, 6) is 0.669. The van der Waals surface area contributed by atoms with E-state index in [1.54, 1.807) is 25.3 Å². The van der Waals surface area contributed by atoms with Crippen molar-refractivity contribution < 1.29 is 9.47 Å². The number of anilines is 1. The number of methoxy groups -OCH3 is 1. The molecule has 0 saturated heterocycles. The minimum atomic E-state index is 0.0772. The molecule has 0 spiro atoms. The molecule has 0 radical (unpaired) electrons. The Labute approximate surface area is 95.1 Å². The van der Waals surface area contributed by atoms with Gasteiger partial charge in [0.25, 0.3) is 0 Å². The highest BCUT2D eigenvalue weighted by molar-refractivity contribution is 6.30. The molecule has 0 heterocycles. The number of rotatable bonds is 5. The Bertz CT molecular complexity index is 317. The number of hydrogen-bond donors (Lipinski definition) is 1. The molecule has 0 aliphatic rings. The van der Waals surface area contributed by atoms with Crippen LogP contribution in [0, 0.1) is 0 Å². The molecule has 1 unspecified atom stereocenters. The summed E-state index contributed by atoms with van der Waals surface area (Å²) in [6.45, 7) is 2.65. The van der Waals surface area contributed by atoms with Gasteiger partial charge >= 0.3 is 0 Å². The van der Waals surface area contributed by atoms with Crippen LogP contribution >= 0.6 is 11.6 Å². The molecule has 0 bridgehead atoms. The van der Waals surface area contributed by atoms with Crippen LogP contribution in [0.3, 0.4) is 0 Å². The number of ether oxygens (including phenoxy) is 2. The Morgan fingerprint density at radius 3 is 2.80 bits per heavy atom. The smallest absolute Gasteiger partial charge is 0.142 e. The first kappa shape index (κ1) is 12.1. The monoisotopic (exact) mass is 229 g/mol. The van der Waals surface area contributed by atoms with Crippen LogP contribution in [0.25, 0.3) is 0 Å². The van der Waals surface area contributed by atoms with Crippen molar-refractivity contribution in [3.05, 3.63) is 23.2 Å². The van der Waals surface area contributed by atoms with Gasteiger partial charge in [-0.05, 0) is 25.1 Å². The minimum Gasteiger partial charge on any atom is -0.488 e. The number of nitrogen functional groups attached to an aromatic ring is 1. The average molecular weight is 230 g/mol.